The molecular formula is C16H22FN3S. The zero-order valence-corrected chi connectivity index (χ0v) is 13.7. The second-order valence-corrected chi connectivity index (χ2v) is 7.24. The van der Waals surface area contributed by atoms with E-state index >= 15 is 0 Å². The van der Waals surface area contributed by atoms with Gasteiger partial charge in [-0.25, -0.2) is 9.37 Å². The lowest BCUT2D eigenvalue weighted by molar-refractivity contribution is 0.534. The molecule has 2 rings (SSSR count). The fourth-order valence-electron chi connectivity index (χ4n) is 2.17. The van der Waals surface area contributed by atoms with Crippen molar-refractivity contribution in [2.75, 3.05) is 0 Å². The quantitative estimate of drug-likeness (QED) is 0.670. The van der Waals surface area contributed by atoms with Crippen molar-refractivity contribution in [3.63, 3.8) is 0 Å². The van der Waals surface area contributed by atoms with Crippen LogP contribution in [0.3, 0.4) is 0 Å². The van der Waals surface area contributed by atoms with Gasteiger partial charge in [-0.2, -0.15) is 0 Å². The minimum atomic E-state index is -0.245. The Kier molecular flexibility index (Phi) is 4.76. The van der Waals surface area contributed by atoms with E-state index < -0.39 is 0 Å². The molecule has 0 bridgehead atoms. The highest BCUT2D eigenvalue weighted by Gasteiger charge is 2.20. The monoisotopic (exact) mass is 307 g/mol. The van der Waals surface area contributed by atoms with E-state index in [1.807, 2.05) is 6.92 Å². The number of nitrogens with one attached hydrogen (secondary N) is 1. The number of hydrogen-bond donors (Lipinski definition) is 2. The van der Waals surface area contributed by atoms with Gasteiger partial charge in [0.15, 0.2) is 0 Å². The maximum atomic E-state index is 13.5. The van der Waals surface area contributed by atoms with E-state index in [4.69, 9.17) is 5.84 Å². The minimum absolute atomic E-state index is 0.0369. The first-order chi connectivity index (χ1) is 9.81. The van der Waals surface area contributed by atoms with Crippen LogP contribution in [-0.2, 0) is 11.8 Å². The van der Waals surface area contributed by atoms with Crippen molar-refractivity contribution in [1.82, 2.24) is 10.4 Å². The molecule has 0 saturated heterocycles. The van der Waals surface area contributed by atoms with E-state index in [2.05, 4.69) is 36.6 Å². The lowest BCUT2D eigenvalue weighted by Gasteiger charge is -2.18. The van der Waals surface area contributed by atoms with Gasteiger partial charge in [-0.1, -0.05) is 26.8 Å². The zero-order chi connectivity index (χ0) is 15.6. The summed E-state index contributed by atoms with van der Waals surface area (Å²) in [5.74, 6) is 5.42. The van der Waals surface area contributed by atoms with Gasteiger partial charge < -0.3 is 0 Å². The Morgan fingerprint density at radius 2 is 2.10 bits per heavy atom. The summed E-state index contributed by atoms with van der Waals surface area (Å²) in [6, 6.07) is 4.64. The van der Waals surface area contributed by atoms with Gasteiger partial charge in [-0.05, 0) is 30.2 Å². The average molecular weight is 307 g/mol. The van der Waals surface area contributed by atoms with Crippen LogP contribution in [0, 0.1) is 12.7 Å². The first-order valence-electron chi connectivity index (χ1n) is 6.98. The molecule has 1 heterocycles. The van der Waals surface area contributed by atoms with E-state index in [0.717, 1.165) is 21.8 Å². The van der Waals surface area contributed by atoms with E-state index in [-0.39, 0.29) is 17.3 Å². The third kappa shape index (κ3) is 3.87. The largest absolute Gasteiger partial charge is 0.271 e. The Labute approximate surface area is 129 Å². The van der Waals surface area contributed by atoms with Gasteiger partial charge in [0.25, 0.3) is 0 Å². The van der Waals surface area contributed by atoms with Crippen molar-refractivity contribution in [3.8, 4) is 0 Å². The Morgan fingerprint density at radius 1 is 1.38 bits per heavy atom. The zero-order valence-electron chi connectivity index (χ0n) is 12.9. The number of hydrazine groups is 1. The number of aryl methyl sites for hydroxylation is 1. The van der Waals surface area contributed by atoms with Crippen molar-refractivity contribution in [1.29, 1.82) is 0 Å². The number of halogens is 1. The van der Waals surface area contributed by atoms with Crippen LogP contribution in [0.2, 0.25) is 0 Å². The van der Waals surface area contributed by atoms with Crippen LogP contribution >= 0.6 is 11.3 Å². The first-order valence-corrected chi connectivity index (χ1v) is 7.86. The summed E-state index contributed by atoms with van der Waals surface area (Å²) < 4.78 is 13.5. The molecule has 3 nitrogen and oxygen atoms in total. The molecule has 1 atom stereocenters. The average Bonchev–Trinajstić information content (AvgIpc) is 2.87. The first kappa shape index (κ1) is 16.1. The van der Waals surface area contributed by atoms with Crippen LogP contribution in [0.25, 0.3) is 0 Å². The number of nitrogens with zero attached hydrogens (tertiary/aromatic N) is 1. The lowest BCUT2D eigenvalue weighted by Crippen LogP contribution is -2.30. The summed E-state index contributed by atoms with van der Waals surface area (Å²) in [6.07, 6.45) is 0.654. The van der Waals surface area contributed by atoms with Gasteiger partial charge in [0.2, 0.25) is 0 Å². The number of aromatic nitrogens is 1. The molecule has 114 valence electrons. The van der Waals surface area contributed by atoms with E-state index in [9.17, 15) is 4.39 Å². The van der Waals surface area contributed by atoms with Gasteiger partial charge in [-0.15, -0.1) is 11.3 Å². The van der Waals surface area contributed by atoms with Gasteiger partial charge >= 0.3 is 0 Å². The smallest absolute Gasteiger partial charge is 0.123 e. The molecule has 0 radical (unpaired) electrons. The Morgan fingerprint density at radius 3 is 2.67 bits per heavy atom. The van der Waals surface area contributed by atoms with E-state index in [1.54, 1.807) is 17.4 Å². The predicted octanol–water partition coefficient (Wildman–Crippen LogP) is 3.64. The minimum Gasteiger partial charge on any atom is -0.271 e. The van der Waals surface area contributed by atoms with Crippen LogP contribution in [-0.4, -0.2) is 4.98 Å². The van der Waals surface area contributed by atoms with Crippen molar-refractivity contribution in [2.24, 2.45) is 5.84 Å². The molecule has 3 N–H and O–H groups in total. The molecule has 5 heteroatoms. The molecule has 0 aliphatic carbocycles. The number of thiazole rings is 1. The lowest BCUT2D eigenvalue weighted by atomic mass is 9.93. The van der Waals surface area contributed by atoms with E-state index in [1.165, 1.54) is 12.1 Å². The summed E-state index contributed by atoms with van der Waals surface area (Å²) in [6.45, 7) is 8.38. The fraction of sp³-hybridized carbons (Fsp3) is 0.438. The highest BCUT2D eigenvalue weighted by molar-refractivity contribution is 7.09. The number of nitrogens with two attached hydrogens (primary N) is 1. The SMILES string of the molecule is Cc1ccc(F)cc1C(Cc1nc(C(C)(C)C)cs1)NN. The number of benzene rings is 1. The topological polar surface area (TPSA) is 50.9 Å². The Bertz CT molecular complexity index is 616. The summed E-state index contributed by atoms with van der Waals surface area (Å²) in [5, 5.41) is 3.09. The summed E-state index contributed by atoms with van der Waals surface area (Å²) >= 11 is 1.62. The number of rotatable bonds is 4. The molecule has 0 spiro atoms. The van der Waals surface area contributed by atoms with Gasteiger partial charge in [0.05, 0.1) is 16.7 Å². The van der Waals surface area contributed by atoms with Gasteiger partial charge in [0.1, 0.15) is 5.82 Å². The molecule has 0 amide bonds. The molecular weight excluding hydrogens is 285 g/mol. The third-order valence-electron chi connectivity index (χ3n) is 3.52. The Hall–Kier alpha value is -1.30. The maximum absolute atomic E-state index is 13.5. The second kappa shape index (κ2) is 6.22. The van der Waals surface area contributed by atoms with Crippen LogP contribution in [0.15, 0.2) is 23.6 Å². The second-order valence-electron chi connectivity index (χ2n) is 6.30. The molecule has 0 fully saturated rings. The summed E-state index contributed by atoms with van der Waals surface area (Å²) in [4.78, 5) is 4.68. The van der Waals surface area contributed by atoms with Crippen LogP contribution in [0.4, 0.5) is 4.39 Å². The fourth-order valence-corrected chi connectivity index (χ4v) is 3.24. The Balaban J connectivity index is 2.23. The third-order valence-corrected chi connectivity index (χ3v) is 4.39. The predicted molar refractivity (Wildman–Crippen MR) is 85.7 cm³/mol. The van der Waals surface area contributed by atoms with Crippen molar-refractivity contribution in [3.05, 3.63) is 51.2 Å². The molecule has 1 aromatic heterocycles. The highest BCUT2D eigenvalue weighted by atomic mass is 32.1. The molecule has 0 aliphatic rings. The van der Waals surface area contributed by atoms with Gasteiger partial charge in [0, 0.05) is 17.2 Å². The summed E-state index contributed by atoms with van der Waals surface area (Å²) in [7, 11) is 0. The van der Waals surface area contributed by atoms with Crippen LogP contribution in [0.1, 0.15) is 48.6 Å². The molecule has 2 aromatic rings. The molecule has 21 heavy (non-hydrogen) atoms. The van der Waals surface area contributed by atoms with Crippen molar-refractivity contribution in [2.45, 2.75) is 45.6 Å². The number of hydrogen-bond acceptors (Lipinski definition) is 4. The molecule has 1 unspecified atom stereocenters. The van der Waals surface area contributed by atoms with Crippen LogP contribution < -0.4 is 11.3 Å². The van der Waals surface area contributed by atoms with Crippen molar-refractivity contribution >= 4 is 11.3 Å². The van der Waals surface area contributed by atoms with E-state index in [0.29, 0.717) is 6.42 Å². The molecule has 1 aromatic carbocycles. The highest BCUT2D eigenvalue weighted by Crippen LogP contribution is 2.27. The standard InChI is InChI=1S/C16H22FN3S/c1-10-5-6-11(17)7-12(10)13(20-18)8-15-19-14(9-21-15)16(2,3)4/h5-7,9,13,20H,8,18H2,1-4H3. The molecule has 0 aliphatic heterocycles. The maximum Gasteiger partial charge on any atom is 0.123 e. The summed E-state index contributed by atoms with van der Waals surface area (Å²) in [5.41, 5.74) is 5.80. The van der Waals surface area contributed by atoms with Crippen molar-refractivity contribution < 1.29 is 4.39 Å². The molecule has 0 saturated carbocycles. The normalized spacial score (nSPS) is 13.4. The van der Waals surface area contributed by atoms with Crippen LogP contribution in [0.5, 0.6) is 0 Å². The van der Waals surface area contributed by atoms with Gasteiger partial charge in [-0.3, -0.25) is 11.3 Å².